The monoisotopic (exact) mass is 450 g/mol. The maximum atomic E-state index is 15.0. The summed E-state index contributed by atoms with van der Waals surface area (Å²) < 4.78 is 27.6. The van der Waals surface area contributed by atoms with E-state index in [2.05, 4.69) is 49.4 Å². The molecule has 0 heterocycles. The molecule has 33 heavy (non-hydrogen) atoms. The predicted octanol–water partition coefficient (Wildman–Crippen LogP) is 9.76. The van der Waals surface area contributed by atoms with Crippen molar-refractivity contribution in [2.45, 2.75) is 89.4 Å². The van der Waals surface area contributed by atoms with E-state index in [1.54, 1.807) is 6.07 Å². The standard InChI is InChI=1S/C31H40F2/c1-2-3-4-5-23-6-10-25(11-7-23)26-14-16-27(17-15-26)29-18-19-30(31(33)22-29)28-12-8-24(9-13-28)20-21-32/h4-5,14-19,22-25,28H,2-3,6-13,20-21H2,1H3/b5-4+/t23-,24?,25-,28?. The Hall–Kier alpha value is -1.96. The number of hydrogen-bond donors (Lipinski definition) is 0. The van der Waals surface area contributed by atoms with Gasteiger partial charge in [-0.05, 0) is 116 Å². The van der Waals surface area contributed by atoms with Crippen molar-refractivity contribution in [3.05, 3.63) is 71.6 Å². The van der Waals surface area contributed by atoms with E-state index in [1.807, 2.05) is 6.07 Å². The Balaban J connectivity index is 1.35. The summed E-state index contributed by atoms with van der Waals surface area (Å²) in [6.45, 7) is 2.01. The Kier molecular flexibility index (Phi) is 8.75. The third kappa shape index (κ3) is 6.34. The van der Waals surface area contributed by atoms with Crippen molar-refractivity contribution in [3.63, 3.8) is 0 Å². The molecule has 4 rings (SSSR count). The quantitative estimate of drug-likeness (QED) is 0.351. The van der Waals surface area contributed by atoms with Crippen molar-refractivity contribution in [2.24, 2.45) is 11.8 Å². The van der Waals surface area contributed by atoms with Crippen molar-refractivity contribution in [3.8, 4) is 11.1 Å². The van der Waals surface area contributed by atoms with Crippen LogP contribution >= 0.6 is 0 Å². The van der Waals surface area contributed by atoms with E-state index >= 15 is 4.39 Å². The molecule has 0 aliphatic heterocycles. The van der Waals surface area contributed by atoms with Gasteiger partial charge in [0.15, 0.2) is 0 Å². The summed E-state index contributed by atoms with van der Waals surface area (Å²) in [7, 11) is 0. The molecule has 0 aromatic heterocycles. The molecule has 2 saturated carbocycles. The van der Waals surface area contributed by atoms with Gasteiger partial charge in [-0.15, -0.1) is 0 Å². The summed E-state index contributed by atoms with van der Waals surface area (Å²) in [6, 6.07) is 14.6. The third-order valence-corrected chi connectivity index (χ3v) is 8.16. The average molecular weight is 451 g/mol. The third-order valence-electron chi connectivity index (χ3n) is 8.16. The molecule has 0 saturated heterocycles. The SMILES string of the molecule is CCC/C=C/[C@H]1CC[C@H](c2ccc(-c3ccc(C4CCC(CCF)CC4)c(F)c3)cc2)CC1. The molecule has 0 atom stereocenters. The largest absolute Gasteiger partial charge is 0.251 e. The second-order valence-corrected chi connectivity index (χ2v) is 10.4. The number of alkyl halides is 1. The van der Waals surface area contributed by atoms with E-state index in [0.717, 1.165) is 48.3 Å². The molecule has 178 valence electrons. The zero-order valence-electron chi connectivity index (χ0n) is 20.2. The first-order valence-corrected chi connectivity index (χ1v) is 13.3. The average Bonchev–Trinajstić information content (AvgIpc) is 2.86. The van der Waals surface area contributed by atoms with E-state index in [0.29, 0.717) is 18.3 Å². The smallest absolute Gasteiger partial charge is 0.127 e. The van der Waals surface area contributed by atoms with Gasteiger partial charge in [-0.2, -0.15) is 0 Å². The highest BCUT2D eigenvalue weighted by Gasteiger charge is 2.24. The highest BCUT2D eigenvalue weighted by molar-refractivity contribution is 5.64. The first-order chi connectivity index (χ1) is 16.2. The molecule has 0 spiro atoms. The summed E-state index contributed by atoms with van der Waals surface area (Å²) in [4.78, 5) is 0. The molecule has 0 N–H and O–H groups in total. The van der Waals surface area contributed by atoms with Crippen molar-refractivity contribution in [1.29, 1.82) is 0 Å². The highest BCUT2D eigenvalue weighted by Crippen LogP contribution is 2.40. The van der Waals surface area contributed by atoms with Gasteiger partial charge in [-0.25, -0.2) is 4.39 Å². The zero-order chi connectivity index (χ0) is 23.0. The van der Waals surface area contributed by atoms with Gasteiger partial charge in [0, 0.05) is 0 Å². The maximum absolute atomic E-state index is 15.0. The molecule has 0 unspecified atom stereocenters. The van der Waals surface area contributed by atoms with E-state index in [9.17, 15) is 4.39 Å². The van der Waals surface area contributed by atoms with Gasteiger partial charge in [0.05, 0.1) is 6.67 Å². The van der Waals surface area contributed by atoms with Crippen molar-refractivity contribution < 1.29 is 8.78 Å². The highest BCUT2D eigenvalue weighted by atomic mass is 19.1. The number of rotatable bonds is 8. The molecule has 2 aliphatic rings. The lowest BCUT2D eigenvalue weighted by Crippen LogP contribution is -2.14. The Morgan fingerprint density at radius 2 is 1.48 bits per heavy atom. The minimum Gasteiger partial charge on any atom is -0.251 e. The first kappa shape index (κ1) is 24.2. The molecule has 2 aliphatic carbocycles. The van der Waals surface area contributed by atoms with Gasteiger partial charge in [0.25, 0.3) is 0 Å². The fourth-order valence-electron chi connectivity index (χ4n) is 6.00. The van der Waals surface area contributed by atoms with Crippen LogP contribution in [0.25, 0.3) is 11.1 Å². The normalized spacial score (nSPS) is 26.0. The predicted molar refractivity (Wildman–Crippen MR) is 136 cm³/mol. The maximum Gasteiger partial charge on any atom is 0.127 e. The second kappa shape index (κ2) is 12.0. The number of allylic oxidation sites excluding steroid dienone is 2. The molecule has 0 radical (unpaired) electrons. The van der Waals surface area contributed by atoms with E-state index in [-0.39, 0.29) is 18.4 Å². The summed E-state index contributed by atoms with van der Waals surface area (Å²) in [5.74, 6) is 2.10. The molecule has 0 nitrogen and oxygen atoms in total. The number of halogens is 2. The Labute approximate surface area is 199 Å². The second-order valence-electron chi connectivity index (χ2n) is 10.4. The van der Waals surface area contributed by atoms with Crippen LogP contribution in [0, 0.1) is 17.7 Å². The van der Waals surface area contributed by atoms with Gasteiger partial charge < -0.3 is 0 Å². The molecular formula is C31H40F2. The van der Waals surface area contributed by atoms with Gasteiger partial charge >= 0.3 is 0 Å². The molecule has 0 bridgehead atoms. The number of hydrogen-bond acceptors (Lipinski definition) is 0. The lowest BCUT2D eigenvalue weighted by atomic mass is 9.77. The Bertz CT molecular complexity index is 882. The van der Waals surface area contributed by atoms with Crippen molar-refractivity contribution in [2.75, 3.05) is 6.67 Å². The molecular weight excluding hydrogens is 410 g/mol. The Morgan fingerprint density at radius 1 is 0.818 bits per heavy atom. The van der Waals surface area contributed by atoms with E-state index in [1.165, 1.54) is 44.1 Å². The Morgan fingerprint density at radius 3 is 2.12 bits per heavy atom. The van der Waals surface area contributed by atoms with Crippen LogP contribution in [0.3, 0.4) is 0 Å². The molecule has 2 fully saturated rings. The first-order valence-electron chi connectivity index (χ1n) is 13.3. The fourth-order valence-corrected chi connectivity index (χ4v) is 6.00. The van der Waals surface area contributed by atoms with Gasteiger partial charge in [0.2, 0.25) is 0 Å². The summed E-state index contributed by atoms with van der Waals surface area (Å²) in [5, 5.41) is 0. The van der Waals surface area contributed by atoms with Crippen LogP contribution in [-0.2, 0) is 0 Å². The number of benzene rings is 2. The topological polar surface area (TPSA) is 0 Å². The van der Waals surface area contributed by atoms with Crippen LogP contribution in [0.4, 0.5) is 8.78 Å². The minimum atomic E-state index is -0.227. The molecule has 2 aromatic carbocycles. The lowest BCUT2D eigenvalue weighted by molar-refractivity contribution is 0.281. The molecule has 2 heteroatoms. The van der Waals surface area contributed by atoms with Gasteiger partial charge in [-0.3, -0.25) is 4.39 Å². The zero-order valence-corrected chi connectivity index (χ0v) is 20.2. The van der Waals surface area contributed by atoms with Gasteiger partial charge in [0.1, 0.15) is 5.82 Å². The van der Waals surface area contributed by atoms with Crippen LogP contribution < -0.4 is 0 Å². The van der Waals surface area contributed by atoms with Crippen LogP contribution in [0.2, 0.25) is 0 Å². The van der Waals surface area contributed by atoms with Crippen LogP contribution in [0.1, 0.15) is 101 Å². The summed E-state index contributed by atoms with van der Waals surface area (Å²) in [5.41, 5.74) is 4.32. The molecule has 2 aromatic rings. The fraction of sp³-hybridized carbons (Fsp3) is 0.548. The van der Waals surface area contributed by atoms with E-state index < -0.39 is 0 Å². The van der Waals surface area contributed by atoms with Crippen LogP contribution in [0.15, 0.2) is 54.6 Å². The van der Waals surface area contributed by atoms with Crippen molar-refractivity contribution >= 4 is 0 Å². The van der Waals surface area contributed by atoms with Crippen LogP contribution in [-0.4, -0.2) is 6.67 Å². The van der Waals surface area contributed by atoms with Crippen molar-refractivity contribution in [1.82, 2.24) is 0 Å². The lowest BCUT2D eigenvalue weighted by Gasteiger charge is -2.28. The van der Waals surface area contributed by atoms with Crippen LogP contribution in [0.5, 0.6) is 0 Å². The number of unbranched alkanes of at least 4 members (excludes halogenated alkanes) is 1. The summed E-state index contributed by atoms with van der Waals surface area (Å²) in [6.07, 6.45) is 17.0. The molecule has 0 amide bonds. The summed E-state index contributed by atoms with van der Waals surface area (Å²) >= 11 is 0. The van der Waals surface area contributed by atoms with Gasteiger partial charge in [-0.1, -0.05) is 61.9 Å². The minimum absolute atomic E-state index is 0.0834. The van der Waals surface area contributed by atoms with E-state index in [4.69, 9.17) is 0 Å².